The lowest BCUT2D eigenvalue weighted by Crippen LogP contribution is -2.22. The maximum atomic E-state index is 12.2. The molecule has 0 radical (unpaired) electrons. The summed E-state index contributed by atoms with van der Waals surface area (Å²) in [4.78, 5) is 18.7. The van der Waals surface area contributed by atoms with Gasteiger partial charge in [0.1, 0.15) is 5.65 Å². The first kappa shape index (κ1) is 16.0. The van der Waals surface area contributed by atoms with Crippen molar-refractivity contribution in [1.29, 1.82) is 0 Å². The minimum absolute atomic E-state index is 0.140. The van der Waals surface area contributed by atoms with Crippen LogP contribution in [-0.4, -0.2) is 21.3 Å². The number of hydrogen-bond acceptors (Lipinski definition) is 3. The first-order valence-corrected chi connectivity index (χ1v) is 7.88. The zero-order valence-corrected chi connectivity index (χ0v) is 14.1. The van der Waals surface area contributed by atoms with E-state index in [0.29, 0.717) is 29.5 Å². The first-order chi connectivity index (χ1) is 11.0. The summed E-state index contributed by atoms with van der Waals surface area (Å²) in [5.41, 5.74) is 2.20. The van der Waals surface area contributed by atoms with E-state index in [-0.39, 0.29) is 5.56 Å². The van der Waals surface area contributed by atoms with Gasteiger partial charge in [-0.25, -0.2) is 4.98 Å². The quantitative estimate of drug-likeness (QED) is 0.723. The van der Waals surface area contributed by atoms with E-state index in [1.165, 1.54) is 10.5 Å². The van der Waals surface area contributed by atoms with Crippen molar-refractivity contribution in [3.8, 4) is 0 Å². The van der Waals surface area contributed by atoms with Crippen LogP contribution in [0.5, 0.6) is 0 Å². The van der Waals surface area contributed by atoms with Crippen LogP contribution in [0.2, 0.25) is 10.0 Å². The Bertz CT molecular complexity index is 908. The molecule has 3 aromatic rings. The van der Waals surface area contributed by atoms with Gasteiger partial charge in [-0.2, -0.15) is 0 Å². The van der Waals surface area contributed by atoms with E-state index in [1.807, 2.05) is 31.3 Å². The topological polar surface area (TPSA) is 37.6 Å². The molecule has 0 saturated carbocycles. The van der Waals surface area contributed by atoms with Crippen LogP contribution in [0.25, 0.3) is 5.65 Å². The Balaban J connectivity index is 1.82. The molecule has 0 fully saturated rings. The highest BCUT2D eigenvalue weighted by Gasteiger charge is 2.08. The number of hydrogen-bond donors (Lipinski definition) is 0. The number of fused-ring (bicyclic) bond motifs is 1. The molecule has 3 rings (SSSR count). The summed E-state index contributed by atoms with van der Waals surface area (Å²) in [5, 5.41) is 1.24. The molecule has 23 heavy (non-hydrogen) atoms. The van der Waals surface area contributed by atoms with Crippen molar-refractivity contribution in [1.82, 2.24) is 14.3 Å². The molecule has 4 nitrogen and oxygen atoms in total. The largest absolute Gasteiger partial charge is 0.296 e. The highest BCUT2D eigenvalue weighted by Crippen LogP contribution is 2.17. The van der Waals surface area contributed by atoms with Gasteiger partial charge in [-0.1, -0.05) is 41.4 Å². The predicted octanol–water partition coefficient (Wildman–Crippen LogP) is 3.63. The third kappa shape index (κ3) is 3.72. The van der Waals surface area contributed by atoms with Crippen LogP contribution in [0.4, 0.5) is 0 Å². The molecule has 0 unspecified atom stereocenters. The van der Waals surface area contributed by atoms with Crippen LogP contribution in [-0.2, 0) is 13.1 Å². The third-order valence-electron chi connectivity index (χ3n) is 3.51. The standard InChI is InChI=1S/C17H15Cl2N3O/c1-21(9-12-4-2-3-5-15(12)19)11-14-8-17(23)22-10-13(18)6-7-16(22)20-14/h2-8,10H,9,11H2,1H3. The molecule has 0 bridgehead atoms. The first-order valence-electron chi connectivity index (χ1n) is 7.13. The molecule has 0 aliphatic heterocycles. The van der Waals surface area contributed by atoms with Crippen molar-refractivity contribution in [3.05, 3.63) is 80.3 Å². The van der Waals surface area contributed by atoms with Gasteiger partial charge in [0.15, 0.2) is 0 Å². The van der Waals surface area contributed by atoms with Gasteiger partial charge in [0, 0.05) is 30.4 Å². The lowest BCUT2D eigenvalue weighted by atomic mass is 10.2. The maximum absolute atomic E-state index is 12.2. The van der Waals surface area contributed by atoms with E-state index in [9.17, 15) is 4.79 Å². The fraction of sp³-hybridized carbons (Fsp3) is 0.176. The summed E-state index contributed by atoms with van der Waals surface area (Å²) in [6, 6.07) is 12.7. The maximum Gasteiger partial charge on any atom is 0.258 e. The number of pyridine rings is 1. The van der Waals surface area contributed by atoms with Crippen LogP contribution < -0.4 is 5.56 Å². The van der Waals surface area contributed by atoms with Crippen molar-refractivity contribution in [2.45, 2.75) is 13.1 Å². The van der Waals surface area contributed by atoms with Crippen LogP contribution >= 0.6 is 23.2 Å². The minimum Gasteiger partial charge on any atom is -0.296 e. The normalized spacial score (nSPS) is 11.3. The molecule has 0 atom stereocenters. The van der Waals surface area contributed by atoms with Gasteiger partial charge in [-0.3, -0.25) is 14.1 Å². The molecule has 0 saturated heterocycles. The van der Waals surface area contributed by atoms with Crippen molar-refractivity contribution in [2.75, 3.05) is 7.05 Å². The molecular formula is C17H15Cl2N3O. The molecule has 118 valence electrons. The van der Waals surface area contributed by atoms with Crippen molar-refractivity contribution in [3.63, 3.8) is 0 Å². The van der Waals surface area contributed by atoms with E-state index in [2.05, 4.69) is 9.88 Å². The SMILES string of the molecule is CN(Cc1cc(=O)n2cc(Cl)ccc2n1)Cc1ccccc1Cl. The fourth-order valence-corrected chi connectivity index (χ4v) is 2.81. The van der Waals surface area contributed by atoms with Crippen LogP contribution in [0.1, 0.15) is 11.3 Å². The second-order valence-electron chi connectivity index (χ2n) is 5.42. The molecule has 0 aliphatic rings. The van der Waals surface area contributed by atoms with Crippen LogP contribution in [0.3, 0.4) is 0 Å². The molecule has 0 N–H and O–H groups in total. The van der Waals surface area contributed by atoms with Gasteiger partial charge in [0.05, 0.1) is 10.7 Å². The second-order valence-corrected chi connectivity index (χ2v) is 6.27. The van der Waals surface area contributed by atoms with Gasteiger partial charge in [-0.05, 0) is 30.8 Å². The van der Waals surface area contributed by atoms with Crippen LogP contribution in [0.15, 0.2) is 53.5 Å². The Morgan fingerprint density at radius 1 is 1.13 bits per heavy atom. The summed E-state index contributed by atoms with van der Waals surface area (Å²) in [7, 11) is 1.97. The van der Waals surface area contributed by atoms with Gasteiger partial charge in [0.25, 0.3) is 5.56 Å². The van der Waals surface area contributed by atoms with Crippen molar-refractivity contribution >= 4 is 28.8 Å². The molecule has 2 aromatic heterocycles. The third-order valence-corrected chi connectivity index (χ3v) is 4.10. The second kappa shape index (κ2) is 6.71. The number of nitrogens with zero attached hydrogens (tertiary/aromatic N) is 3. The van der Waals surface area contributed by atoms with Gasteiger partial charge < -0.3 is 0 Å². The zero-order chi connectivity index (χ0) is 16.4. The average molecular weight is 348 g/mol. The highest BCUT2D eigenvalue weighted by atomic mass is 35.5. The number of halogens is 2. The Kier molecular flexibility index (Phi) is 4.66. The number of aromatic nitrogens is 2. The van der Waals surface area contributed by atoms with Crippen molar-refractivity contribution < 1.29 is 0 Å². The zero-order valence-electron chi connectivity index (χ0n) is 12.5. The number of benzene rings is 1. The molecule has 0 spiro atoms. The smallest absolute Gasteiger partial charge is 0.258 e. The van der Waals surface area contributed by atoms with E-state index in [0.717, 1.165) is 10.6 Å². The van der Waals surface area contributed by atoms with Gasteiger partial charge in [0.2, 0.25) is 0 Å². The molecule has 2 heterocycles. The minimum atomic E-state index is -0.140. The average Bonchev–Trinajstić information content (AvgIpc) is 2.50. The van der Waals surface area contributed by atoms with E-state index < -0.39 is 0 Å². The summed E-state index contributed by atoms with van der Waals surface area (Å²) in [5.74, 6) is 0. The van der Waals surface area contributed by atoms with E-state index in [1.54, 1.807) is 18.3 Å². The Morgan fingerprint density at radius 2 is 1.91 bits per heavy atom. The number of rotatable bonds is 4. The van der Waals surface area contributed by atoms with E-state index >= 15 is 0 Å². The monoisotopic (exact) mass is 347 g/mol. The summed E-state index contributed by atoms with van der Waals surface area (Å²) in [6.07, 6.45) is 1.57. The molecular weight excluding hydrogens is 333 g/mol. The fourth-order valence-electron chi connectivity index (χ4n) is 2.46. The highest BCUT2D eigenvalue weighted by molar-refractivity contribution is 6.31. The van der Waals surface area contributed by atoms with Gasteiger partial charge in [-0.15, -0.1) is 0 Å². The molecule has 0 aliphatic carbocycles. The van der Waals surface area contributed by atoms with Gasteiger partial charge >= 0.3 is 0 Å². The van der Waals surface area contributed by atoms with Crippen LogP contribution in [0, 0.1) is 0 Å². The molecule has 1 aromatic carbocycles. The molecule has 6 heteroatoms. The summed E-state index contributed by atoms with van der Waals surface area (Å²) in [6.45, 7) is 1.24. The summed E-state index contributed by atoms with van der Waals surface area (Å²) >= 11 is 12.1. The van der Waals surface area contributed by atoms with E-state index in [4.69, 9.17) is 23.2 Å². The Morgan fingerprint density at radius 3 is 2.70 bits per heavy atom. The summed E-state index contributed by atoms with van der Waals surface area (Å²) < 4.78 is 1.44. The van der Waals surface area contributed by atoms with Crippen molar-refractivity contribution in [2.24, 2.45) is 0 Å². The Hall–Kier alpha value is -1.88. The predicted molar refractivity (Wildman–Crippen MR) is 93.1 cm³/mol. The Labute approximate surface area is 143 Å². The lowest BCUT2D eigenvalue weighted by molar-refractivity contribution is 0.315. The molecule has 0 amide bonds. The lowest BCUT2D eigenvalue weighted by Gasteiger charge is -2.17.